The molecule has 0 saturated heterocycles. The molecule has 4 nitrogen and oxygen atoms in total. The van der Waals surface area contributed by atoms with Crippen molar-refractivity contribution >= 4 is 5.69 Å². The van der Waals surface area contributed by atoms with E-state index in [1.165, 1.54) is 0 Å². The summed E-state index contributed by atoms with van der Waals surface area (Å²) >= 11 is 0. The molecular formula is C11H16N2O2. The molecule has 1 aromatic rings. The van der Waals surface area contributed by atoms with Crippen molar-refractivity contribution in [2.75, 3.05) is 32.2 Å². The number of anilines is 1. The zero-order chi connectivity index (χ0) is 10.8. The van der Waals surface area contributed by atoms with Crippen molar-refractivity contribution in [2.45, 2.75) is 6.04 Å². The minimum atomic E-state index is 0.240. The van der Waals surface area contributed by atoms with E-state index in [1.807, 2.05) is 25.2 Å². The zero-order valence-corrected chi connectivity index (χ0v) is 9.06. The number of likely N-dealkylation sites (N-methyl/N-ethyl adjacent to an activating group) is 1. The fourth-order valence-electron chi connectivity index (χ4n) is 1.74. The van der Waals surface area contributed by atoms with Crippen LogP contribution in [-0.4, -0.2) is 33.4 Å². The van der Waals surface area contributed by atoms with Crippen LogP contribution in [0.2, 0.25) is 0 Å². The Balaban J connectivity index is 2.35. The molecule has 0 bridgehead atoms. The fraction of sp³-hybridized carbons (Fsp3) is 0.455. The van der Waals surface area contributed by atoms with Crippen molar-refractivity contribution in [1.29, 1.82) is 0 Å². The highest BCUT2D eigenvalue weighted by atomic mass is 16.5. The fourth-order valence-corrected chi connectivity index (χ4v) is 1.74. The molecule has 1 aliphatic heterocycles. The monoisotopic (exact) mass is 208 g/mol. The smallest absolute Gasteiger partial charge is 0.142 e. The summed E-state index contributed by atoms with van der Waals surface area (Å²) in [5, 5.41) is 0. The molecule has 1 aliphatic rings. The lowest BCUT2D eigenvalue weighted by molar-refractivity contribution is 0.268. The Morgan fingerprint density at radius 1 is 1.60 bits per heavy atom. The van der Waals surface area contributed by atoms with E-state index in [0.717, 1.165) is 17.2 Å². The van der Waals surface area contributed by atoms with Crippen LogP contribution in [0.4, 0.5) is 5.69 Å². The lowest BCUT2D eigenvalue weighted by Gasteiger charge is -2.35. The van der Waals surface area contributed by atoms with Crippen LogP contribution in [0.25, 0.3) is 0 Å². The molecule has 0 amide bonds. The second-order valence-electron chi connectivity index (χ2n) is 3.65. The van der Waals surface area contributed by atoms with Crippen molar-refractivity contribution in [3.8, 4) is 11.5 Å². The number of nitrogens with two attached hydrogens (primary N) is 1. The molecule has 1 unspecified atom stereocenters. The maximum absolute atomic E-state index is 5.67. The third kappa shape index (κ3) is 1.72. The van der Waals surface area contributed by atoms with E-state index in [2.05, 4.69) is 4.90 Å². The molecule has 0 radical (unpaired) electrons. The van der Waals surface area contributed by atoms with Gasteiger partial charge in [-0.15, -0.1) is 0 Å². The van der Waals surface area contributed by atoms with Gasteiger partial charge in [-0.25, -0.2) is 0 Å². The number of rotatable bonds is 2. The first-order valence-corrected chi connectivity index (χ1v) is 5.00. The SMILES string of the molecule is COc1ccc2c(c1)N(C)C(CN)CO2. The average molecular weight is 208 g/mol. The molecule has 1 atom stereocenters. The van der Waals surface area contributed by atoms with Gasteiger partial charge in [0.1, 0.15) is 18.1 Å². The summed E-state index contributed by atoms with van der Waals surface area (Å²) in [6.07, 6.45) is 0. The molecule has 0 spiro atoms. The highest BCUT2D eigenvalue weighted by Gasteiger charge is 2.23. The van der Waals surface area contributed by atoms with Crippen LogP contribution in [0, 0.1) is 0 Å². The van der Waals surface area contributed by atoms with Crippen molar-refractivity contribution in [3.05, 3.63) is 18.2 Å². The van der Waals surface area contributed by atoms with Crippen molar-refractivity contribution in [2.24, 2.45) is 5.73 Å². The topological polar surface area (TPSA) is 47.7 Å². The van der Waals surface area contributed by atoms with E-state index in [9.17, 15) is 0 Å². The molecule has 2 rings (SSSR count). The molecule has 0 saturated carbocycles. The minimum absolute atomic E-state index is 0.240. The van der Waals surface area contributed by atoms with Gasteiger partial charge < -0.3 is 20.1 Å². The second-order valence-corrected chi connectivity index (χ2v) is 3.65. The van der Waals surface area contributed by atoms with E-state index < -0.39 is 0 Å². The third-order valence-electron chi connectivity index (χ3n) is 2.80. The lowest BCUT2D eigenvalue weighted by atomic mass is 10.1. The summed E-state index contributed by atoms with van der Waals surface area (Å²) in [4.78, 5) is 2.14. The molecule has 2 N–H and O–H groups in total. The number of methoxy groups -OCH3 is 1. The number of ether oxygens (including phenoxy) is 2. The number of benzene rings is 1. The Morgan fingerprint density at radius 3 is 3.07 bits per heavy atom. The van der Waals surface area contributed by atoms with Crippen molar-refractivity contribution < 1.29 is 9.47 Å². The maximum atomic E-state index is 5.67. The second kappa shape index (κ2) is 3.98. The van der Waals surface area contributed by atoms with Gasteiger partial charge >= 0.3 is 0 Å². The van der Waals surface area contributed by atoms with Crippen LogP contribution < -0.4 is 20.1 Å². The minimum Gasteiger partial charge on any atom is -0.497 e. The first-order valence-electron chi connectivity index (χ1n) is 5.00. The zero-order valence-electron chi connectivity index (χ0n) is 9.06. The van der Waals surface area contributed by atoms with Gasteiger partial charge in [0.2, 0.25) is 0 Å². The lowest BCUT2D eigenvalue weighted by Crippen LogP contribution is -2.45. The molecule has 0 aliphatic carbocycles. The standard InChI is InChI=1S/C11H16N2O2/c1-13-8(6-12)7-15-11-4-3-9(14-2)5-10(11)13/h3-5,8H,6-7,12H2,1-2H3. The normalized spacial score (nSPS) is 19.4. The number of hydrogen-bond donors (Lipinski definition) is 1. The summed E-state index contributed by atoms with van der Waals surface area (Å²) < 4.78 is 10.8. The predicted octanol–water partition coefficient (Wildman–Crippen LogP) is 0.851. The Labute approximate surface area is 89.6 Å². The van der Waals surface area contributed by atoms with Gasteiger partial charge in [-0.05, 0) is 12.1 Å². The van der Waals surface area contributed by atoms with Gasteiger partial charge in [0.25, 0.3) is 0 Å². The Bertz CT molecular complexity index is 354. The van der Waals surface area contributed by atoms with E-state index in [0.29, 0.717) is 13.2 Å². The van der Waals surface area contributed by atoms with Gasteiger partial charge in [0.05, 0.1) is 18.8 Å². The highest BCUT2D eigenvalue weighted by Crippen LogP contribution is 2.35. The molecular weight excluding hydrogens is 192 g/mol. The molecule has 1 heterocycles. The summed E-state index contributed by atoms with van der Waals surface area (Å²) in [6.45, 7) is 1.24. The van der Waals surface area contributed by atoms with E-state index in [1.54, 1.807) is 7.11 Å². The Hall–Kier alpha value is -1.42. The van der Waals surface area contributed by atoms with Gasteiger partial charge in [-0.3, -0.25) is 0 Å². The largest absolute Gasteiger partial charge is 0.497 e. The van der Waals surface area contributed by atoms with Gasteiger partial charge in [0, 0.05) is 19.7 Å². The maximum Gasteiger partial charge on any atom is 0.142 e. The summed E-state index contributed by atoms with van der Waals surface area (Å²) in [6, 6.07) is 6.04. The van der Waals surface area contributed by atoms with E-state index in [4.69, 9.17) is 15.2 Å². The summed E-state index contributed by atoms with van der Waals surface area (Å²) in [5.74, 6) is 1.73. The van der Waals surface area contributed by atoms with Crippen molar-refractivity contribution in [1.82, 2.24) is 0 Å². The van der Waals surface area contributed by atoms with Crippen LogP contribution in [0.15, 0.2) is 18.2 Å². The van der Waals surface area contributed by atoms with Crippen LogP contribution >= 0.6 is 0 Å². The van der Waals surface area contributed by atoms with Crippen molar-refractivity contribution in [3.63, 3.8) is 0 Å². The Morgan fingerprint density at radius 2 is 2.40 bits per heavy atom. The van der Waals surface area contributed by atoms with Crippen LogP contribution in [0.3, 0.4) is 0 Å². The quantitative estimate of drug-likeness (QED) is 0.782. The summed E-state index contributed by atoms with van der Waals surface area (Å²) in [5.41, 5.74) is 6.71. The number of fused-ring (bicyclic) bond motifs is 1. The number of nitrogens with zero attached hydrogens (tertiary/aromatic N) is 1. The predicted molar refractivity (Wildman–Crippen MR) is 59.7 cm³/mol. The van der Waals surface area contributed by atoms with Gasteiger partial charge in [0.15, 0.2) is 0 Å². The number of hydrogen-bond acceptors (Lipinski definition) is 4. The molecule has 0 aromatic heterocycles. The molecule has 1 aromatic carbocycles. The highest BCUT2D eigenvalue weighted by molar-refractivity contribution is 5.63. The van der Waals surface area contributed by atoms with Crippen LogP contribution in [-0.2, 0) is 0 Å². The van der Waals surface area contributed by atoms with Gasteiger partial charge in [-0.1, -0.05) is 0 Å². The van der Waals surface area contributed by atoms with E-state index >= 15 is 0 Å². The molecule has 15 heavy (non-hydrogen) atoms. The summed E-state index contributed by atoms with van der Waals surface area (Å²) in [7, 11) is 3.68. The molecule has 4 heteroatoms. The first kappa shape index (κ1) is 10.1. The third-order valence-corrected chi connectivity index (χ3v) is 2.80. The van der Waals surface area contributed by atoms with Gasteiger partial charge in [-0.2, -0.15) is 0 Å². The molecule has 82 valence electrons. The molecule has 0 fully saturated rings. The first-order chi connectivity index (χ1) is 7.26. The average Bonchev–Trinajstić information content (AvgIpc) is 2.29. The van der Waals surface area contributed by atoms with Crippen LogP contribution in [0.5, 0.6) is 11.5 Å². The van der Waals surface area contributed by atoms with Crippen LogP contribution in [0.1, 0.15) is 0 Å². The van der Waals surface area contributed by atoms with E-state index in [-0.39, 0.29) is 6.04 Å². The Kier molecular flexibility index (Phi) is 2.68.